The molecular weight excluding hydrogens is 461 g/mol. The van der Waals surface area contributed by atoms with Crippen LogP contribution in [0.2, 0.25) is 0 Å². The van der Waals surface area contributed by atoms with Gasteiger partial charge in [0.2, 0.25) is 10.0 Å². The molecule has 34 heavy (non-hydrogen) atoms. The summed E-state index contributed by atoms with van der Waals surface area (Å²) in [6.45, 7) is 7.07. The number of anilines is 1. The highest BCUT2D eigenvalue weighted by Crippen LogP contribution is 2.26. The van der Waals surface area contributed by atoms with Crippen LogP contribution in [0.15, 0.2) is 41.3 Å². The fourth-order valence-electron chi connectivity index (χ4n) is 3.68. The molecule has 0 unspecified atom stereocenters. The molecule has 2 aromatic rings. The van der Waals surface area contributed by atoms with Crippen LogP contribution >= 0.6 is 0 Å². The molecular formula is C24H30FN3O5S. The van der Waals surface area contributed by atoms with E-state index in [9.17, 15) is 22.4 Å². The number of hydrogen-bond donors (Lipinski definition) is 1. The predicted molar refractivity (Wildman–Crippen MR) is 128 cm³/mol. The molecule has 0 atom stereocenters. The normalized spacial score (nSPS) is 14.4. The maximum absolute atomic E-state index is 14.6. The fourth-order valence-corrected chi connectivity index (χ4v) is 4.58. The zero-order valence-electron chi connectivity index (χ0n) is 19.8. The van der Waals surface area contributed by atoms with Crippen LogP contribution < -0.4 is 14.4 Å². The largest absolute Gasteiger partial charge is 0.493 e. The number of ether oxygens (including phenoxy) is 1. The molecule has 1 amide bonds. The molecule has 1 saturated heterocycles. The highest BCUT2D eigenvalue weighted by atomic mass is 32.2. The van der Waals surface area contributed by atoms with Crippen molar-refractivity contribution in [2.45, 2.75) is 25.7 Å². The summed E-state index contributed by atoms with van der Waals surface area (Å²) in [6.07, 6.45) is 0. The number of carbonyl (C=O) groups is 2. The lowest BCUT2D eigenvalue weighted by atomic mass is 10.1. The number of piperazine rings is 1. The number of benzene rings is 2. The highest BCUT2D eigenvalue weighted by molar-refractivity contribution is 7.89. The van der Waals surface area contributed by atoms with Gasteiger partial charge < -0.3 is 14.5 Å². The van der Waals surface area contributed by atoms with Gasteiger partial charge in [-0.2, -0.15) is 0 Å². The molecule has 8 nitrogen and oxygen atoms in total. The van der Waals surface area contributed by atoms with Gasteiger partial charge in [-0.05, 0) is 56.3 Å². The number of rotatable bonds is 8. The second-order valence-corrected chi connectivity index (χ2v) is 10.4. The minimum absolute atomic E-state index is 0.0287. The van der Waals surface area contributed by atoms with Crippen LogP contribution in [0.4, 0.5) is 10.1 Å². The molecule has 1 aliphatic heterocycles. The minimum Gasteiger partial charge on any atom is -0.493 e. The first kappa shape index (κ1) is 25.6. The third-order valence-corrected chi connectivity index (χ3v) is 7.06. The van der Waals surface area contributed by atoms with Crippen molar-refractivity contribution in [3.8, 4) is 5.75 Å². The number of nitrogens with zero attached hydrogens (tertiary/aromatic N) is 2. The average Bonchev–Trinajstić information content (AvgIpc) is 2.82. The van der Waals surface area contributed by atoms with E-state index in [0.29, 0.717) is 36.7 Å². The summed E-state index contributed by atoms with van der Waals surface area (Å²) in [4.78, 5) is 28.1. The Morgan fingerprint density at radius 1 is 1.09 bits per heavy atom. The topological polar surface area (TPSA) is 96.0 Å². The van der Waals surface area contributed by atoms with Crippen LogP contribution in [0.25, 0.3) is 0 Å². The summed E-state index contributed by atoms with van der Waals surface area (Å²) >= 11 is 0. The summed E-state index contributed by atoms with van der Waals surface area (Å²) in [5, 5.41) is 0. The monoisotopic (exact) mass is 491 g/mol. The molecule has 0 aromatic heterocycles. The first-order valence-corrected chi connectivity index (χ1v) is 12.6. The molecule has 10 heteroatoms. The van der Waals surface area contributed by atoms with Crippen molar-refractivity contribution in [3.63, 3.8) is 0 Å². The molecule has 0 spiro atoms. The SMILES string of the molecule is CNS(=O)(=O)c1ccc(OCC(C)C)cc1C(=O)N1CCN(c2ccc(C(C)=O)cc2F)CC1. The summed E-state index contributed by atoms with van der Waals surface area (Å²) in [5.74, 6) is -0.468. The van der Waals surface area contributed by atoms with E-state index in [4.69, 9.17) is 4.74 Å². The number of carbonyl (C=O) groups excluding carboxylic acids is 2. The van der Waals surface area contributed by atoms with Gasteiger partial charge >= 0.3 is 0 Å². The first-order chi connectivity index (χ1) is 16.0. The average molecular weight is 492 g/mol. The Kier molecular flexibility index (Phi) is 7.93. The van der Waals surface area contributed by atoms with Crippen molar-refractivity contribution < 1.29 is 27.1 Å². The Morgan fingerprint density at radius 3 is 2.32 bits per heavy atom. The molecule has 0 aliphatic carbocycles. The number of halogens is 1. The Morgan fingerprint density at radius 2 is 1.76 bits per heavy atom. The predicted octanol–water partition coefficient (Wildman–Crippen LogP) is 2.93. The highest BCUT2D eigenvalue weighted by Gasteiger charge is 2.29. The Labute approximate surface area is 199 Å². The molecule has 1 heterocycles. The van der Waals surface area contributed by atoms with Gasteiger partial charge in [-0.3, -0.25) is 9.59 Å². The molecule has 0 bridgehead atoms. The van der Waals surface area contributed by atoms with Gasteiger partial charge in [-0.25, -0.2) is 17.5 Å². The molecule has 1 N–H and O–H groups in total. The van der Waals surface area contributed by atoms with E-state index in [-0.39, 0.29) is 35.2 Å². The summed E-state index contributed by atoms with van der Waals surface area (Å²) in [6, 6.07) is 8.73. The summed E-state index contributed by atoms with van der Waals surface area (Å²) in [5.41, 5.74) is 0.689. The van der Waals surface area contributed by atoms with Crippen molar-refractivity contribution >= 4 is 27.4 Å². The lowest BCUT2D eigenvalue weighted by Crippen LogP contribution is -2.49. The van der Waals surface area contributed by atoms with Crippen LogP contribution in [0.1, 0.15) is 41.5 Å². The molecule has 184 valence electrons. The molecule has 0 radical (unpaired) electrons. The Balaban J connectivity index is 1.81. The van der Waals surface area contributed by atoms with Crippen molar-refractivity contribution in [3.05, 3.63) is 53.3 Å². The van der Waals surface area contributed by atoms with Crippen LogP contribution in [0.3, 0.4) is 0 Å². The smallest absolute Gasteiger partial charge is 0.255 e. The van der Waals surface area contributed by atoms with Gasteiger partial charge in [0.1, 0.15) is 11.6 Å². The maximum atomic E-state index is 14.6. The van der Waals surface area contributed by atoms with Crippen molar-refractivity contribution in [2.24, 2.45) is 5.92 Å². The molecule has 0 saturated carbocycles. The number of nitrogens with one attached hydrogen (secondary N) is 1. The number of hydrogen-bond acceptors (Lipinski definition) is 6. The number of amides is 1. The molecule has 3 rings (SSSR count). The van der Waals surface area contributed by atoms with Crippen LogP contribution in [-0.2, 0) is 10.0 Å². The molecule has 1 aliphatic rings. The van der Waals surface area contributed by atoms with Crippen molar-refractivity contribution in [1.29, 1.82) is 0 Å². The van der Waals surface area contributed by atoms with Gasteiger partial charge in [0.05, 0.1) is 22.8 Å². The van der Waals surface area contributed by atoms with Crippen molar-refractivity contribution in [1.82, 2.24) is 9.62 Å². The molecule has 1 fully saturated rings. The number of Topliss-reactive ketones (excluding diaryl/α,β-unsaturated/α-hetero) is 1. The number of sulfonamides is 1. The van der Waals surface area contributed by atoms with Crippen LogP contribution in [-0.4, -0.2) is 64.8 Å². The zero-order valence-corrected chi connectivity index (χ0v) is 20.6. The van der Waals surface area contributed by atoms with Gasteiger partial charge in [0.25, 0.3) is 5.91 Å². The zero-order chi connectivity index (χ0) is 25.0. The van der Waals surface area contributed by atoms with Gasteiger partial charge in [0.15, 0.2) is 5.78 Å². The second kappa shape index (κ2) is 10.5. The second-order valence-electron chi connectivity index (χ2n) is 8.57. The van der Waals surface area contributed by atoms with E-state index in [0.717, 1.165) is 0 Å². The Hall–Kier alpha value is -2.98. The summed E-state index contributed by atoms with van der Waals surface area (Å²) < 4.78 is 47.6. The Bertz CT molecular complexity index is 1180. The van der Waals surface area contributed by atoms with Gasteiger partial charge in [-0.15, -0.1) is 0 Å². The minimum atomic E-state index is -3.87. The third kappa shape index (κ3) is 5.74. The lowest BCUT2D eigenvalue weighted by Gasteiger charge is -2.36. The van der Waals surface area contributed by atoms with Gasteiger partial charge in [0, 0.05) is 31.7 Å². The fraction of sp³-hybridized carbons (Fsp3) is 0.417. The van der Waals surface area contributed by atoms with E-state index in [2.05, 4.69) is 4.72 Å². The van der Waals surface area contributed by atoms with E-state index in [1.807, 2.05) is 13.8 Å². The van der Waals surface area contributed by atoms with Crippen molar-refractivity contribution in [2.75, 3.05) is 44.7 Å². The number of ketones is 1. The first-order valence-electron chi connectivity index (χ1n) is 11.1. The van der Waals surface area contributed by atoms with Gasteiger partial charge in [-0.1, -0.05) is 13.8 Å². The van der Waals surface area contributed by atoms with E-state index < -0.39 is 21.7 Å². The van der Waals surface area contributed by atoms with Crippen LogP contribution in [0.5, 0.6) is 5.75 Å². The quantitative estimate of drug-likeness (QED) is 0.571. The summed E-state index contributed by atoms with van der Waals surface area (Å²) in [7, 11) is -2.58. The van der Waals surface area contributed by atoms with E-state index in [1.165, 1.54) is 38.2 Å². The van der Waals surface area contributed by atoms with Crippen LogP contribution in [0, 0.1) is 11.7 Å². The van der Waals surface area contributed by atoms with E-state index in [1.54, 1.807) is 21.9 Å². The third-order valence-electron chi connectivity index (χ3n) is 5.58. The standard InChI is InChI=1S/C24H30FN3O5S/c1-16(2)15-33-19-6-8-23(34(31,32)26-4)20(14-19)24(30)28-11-9-27(10-12-28)22-7-5-18(17(3)29)13-21(22)25/h5-8,13-14,16,26H,9-12,15H2,1-4H3. The van der Waals surface area contributed by atoms with E-state index >= 15 is 0 Å². The maximum Gasteiger partial charge on any atom is 0.255 e. The lowest BCUT2D eigenvalue weighted by molar-refractivity contribution is 0.0742. The molecule has 2 aromatic carbocycles.